The molecule has 0 aromatic heterocycles. The molecule has 2 aromatic rings. The van der Waals surface area contributed by atoms with Gasteiger partial charge in [0.1, 0.15) is 5.75 Å². The summed E-state index contributed by atoms with van der Waals surface area (Å²) in [5.74, 6) is 0.865. The SMILES string of the molecule is Cl[Si](Cl)(Cl)CCCOc1ccccc1-c1ccccc1. The van der Waals surface area contributed by atoms with Crippen molar-refractivity contribution < 1.29 is 4.74 Å². The minimum atomic E-state index is -2.54. The van der Waals surface area contributed by atoms with E-state index in [1.54, 1.807) is 0 Å². The summed E-state index contributed by atoms with van der Waals surface area (Å²) in [6, 6.07) is 16.2. The molecule has 1 nitrogen and oxygen atoms in total. The van der Waals surface area contributed by atoms with Gasteiger partial charge < -0.3 is 4.74 Å². The second-order valence-corrected chi connectivity index (χ2v) is 13.7. The lowest BCUT2D eigenvalue weighted by Gasteiger charge is -2.12. The molecule has 0 saturated carbocycles. The smallest absolute Gasteiger partial charge is 0.341 e. The molecule has 0 aliphatic carbocycles. The van der Waals surface area contributed by atoms with Crippen molar-refractivity contribution in [2.24, 2.45) is 0 Å². The summed E-state index contributed by atoms with van der Waals surface area (Å²) < 4.78 is 5.83. The van der Waals surface area contributed by atoms with Gasteiger partial charge in [0.25, 0.3) is 0 Å². The van der Waals surface area contributed by atoms with Gasteiger partial charge in [0.15, 0.2) is 0 Å². The van der Waals surface area contributed by atoms with Crippen LogP contribution in [-0.4, -0.2) is 12.6 Å². The quantitative estimate of drug-likeness (QED) is 0.366. The summed E-state index contributed by atoms with van der Waals surface area (Å²) in [7, 11) is 0. The molecule has 0 saturated heterocycles. The summed E-state index contributed by atoms with van der Waals surface area (Å²) in [6.07, 6.45) is 0.756. The first kappa shape index (κ1) is 15.7. The van der Waals surface area contributed by atoms with Crippen LogP contribution >= 0.6 is 33.2 Å². The van der Waals surface area contributed by atoms with Gasteiger partial charge in [-0.3, -0.25) is 0 Å². The fourth-order valence-corrected chi connectivity index (χ4v) is 3.65. The molecule has 0 aliphatic heterocycles. The van der Waals surface area contributed by atoms with E-state index in [1.807, 2.05) is 42.5 Å². The van der Waals surface area contributed by atoms with E-state index < -0.39 is 6.00 Å². The Balaban J connectivity index is 2.02. The maximum atomic E-state index is 5.86. The largest absolute Gasteiger partial charge is 0.493 e. The molecule has 0 N–H and O–H groups in total. The van der Waals surface area contributed by atoms with E-state index in [2.05, 4.69) is 12.1 Å². The molecule has 2 rings (SSSR count). The average molecular weight is 346 g/mol. The van der Waals surface area contributed by atoms with Crippen LogP contribution in [-0.2, 0) is 0 Å². The van der Waals surface area contributed by atoms with Gasteiger partial charge >= 0.3 is 6.00 Å². The first-order valence-corrected chi connectivity index (χ1v) is 11.6. The third-order valence-corrected chi connectivity index (χ3v) is 5.46. The van der Waals surface area contributed by atoms with Crippen molar-refractivity contribution in [3.05, 3.63) is 54.6 Å². The molecule has 0 heterocycles. The lowest BCUT2D eigenvalue weighted by atomic mass is 10.1. The highest BCUT2D eigenvalue weighted by Crippen LogP contribution is 2.30. The molecular weight excluding hydrogens is 331 g/mol. The fourth-order valence-electron chi connectivity index (χ4n) is 1.90. The van der Waals surface area contributed by atoms with Crippen LogP contribution < -0.4 is 4.74 Å². The fraction of sp³-hybridized carbons (Fsp3) is 0.200. The Hall–Kier alpha value is -0.673. The average Bonchev–Trinajstić information content (AvgIpc) is 2.44. The zero-order valence-electron chi connectivity index (χ0n) is 10.9. The van der Waals surface area contributed by atoms with E-state index >= 15 is 0 Å². The molecule has 20 heavy (non-hydrogen) atoms. The monoisotopic (exact) mass is 344 g/mol. The number of ether oxygens (including phenoxy) is 1. The lowest BCUT2D eigenvalue weighted by Crippen LogP contribution is -2.10. The molecule has 0 atom stereocenters. The Kier molecular flexibility index (Phi) is 5.79. The van der Waals surface area contributed by atoms with Crippen LogP contribution in [0.2, 0.25) is 6.04 Å². The normalized spacial score (nSPS) is 11.3. The van der Waals surface area contributed by atoms with Crippen molar-refractivity contribution in [1.82, 2.24) is 0 Å². The summed E-state index contributed by atoms with van der Waals surface area (Å²) in [5, 5.41) is 0. The van der Waals surface area contributed by atoms with Gasteiger partial charge in [0.05, 0.1) is 6.61 Å². The number of benzene rings is 2. The lowest BCUT2D eigenvalue weighted by molar-refractivity contribution is 0.318. The van der Waals surface area contributed by atoms with Crippen LogP contribution in [0.15, 0.2) is 54.6 Å². The molecular formula is C15H15Cl3OSi. The molecule has 0 amide bonds. The Morgan fingerprint density at radius 3 is 2.20 bits per heavy atom. The number of para-hydroxylation sites is 1. The molecule has 0 bridgehead atoms. The second kappa shape index (κ2) is 7.37. The van der Waals surface area contributed by atoms with Gasteiger partial charge in [0.2, 0.25) is 0 Å². The Morgan fingerprint density at radius 1 is 0.850 bits per heavy atom. The van der Waals surface area contributed by atoms with Gasteiger partial charge in [0, 0.05) is 5.56 Å². The van der Waals surface area contributed by atoms with Gasteiger partial charge in [-0.1, -0.05) is 48.5 Å². The standard InChI is InChI=1S/C15H15Cl3OSi/c16-20(17,18)12-6-11-19-15-10-5-4-9-14(15)13-7-2-1-3-8-13/h1-5,7-10H,6,11-12H2. The summed E-state index contributed by atoms with van der Waals surface area (Å²) in [4.78, 5) is 0. The predicted molar refractivity (Wildman–Crippen MR) is 90.1 cm³/mol. The Labute approximate surface area is 134 Å². The summed E-state index contributed by atoms with van der Waals surface area (Å²) in [5.41, 5.74) is 2.22. The number of rotatable bonds is 6. The van der Waals surface area contributed by atoms with E-state index in [-0.39, 0.29) is 0 Å². The highest BCUT2D eigenvalue weighted by Gasteiger charge is 2.23. The first-order valence-electron chi connectivity index (χ1n) is 6.40. The minimum Gasteiger partial charge on any atom is -0.493 e. The highest BCUT2D eigenvalue weighted by atomic mass is 35.8. The van der Waals surface area contributed by atoms with E-state index in [0.29, 0.717) is 12.7 Å². The second-order valence-electron chi connectivity index (χ2n) is 4.43. The van der Waals surface area contributed by atoms with Crippen molar-refractivity contribution in [1.29, 1.82) is 0 Å². The van der Waals surface area contributed by atoms with Crippen molar-refractivity contribution in [2.45, 2.75) is 12.5 Å². The summed E-state index contributed by atoms with van der Waals surface area (Å²) in [6.45, 7) is 0.560. The third kappa shape index (κ3) is 5.02. The van der Waals surface area contributed by atoms with Crippen LogP contribution in [0.4, 0.5) is 0 Å². The highest BCUT2D eigenvalue weighted by molar-refractivity contribution is 7.64. The maximum absolute atomic E-state index is 5.86. The van der Waals surface area contributed by atoms with Crippen LogP contribution in [0.5, 0.6) is 5.75 Å². The van der Waals surface area contributed by atoms with Crippen LogP contribution in [0.25, 0.3) is 11.1 Å². The van der Waals surface area contributed by atoms with Crippen LogP contribution in [0.3, 0.4) is 0 Å². The molecule has 0 aliphatic rings. The number of hydrogen-bond acceptors (Lipinski definition) is 1. The molecule has 0 fully saturated rings. The van der Waals surface area contributed by atoms with E-state index in [4.69, 9.17) is 38.0 Å². The topological polar surface area (TPSA) is 9.23 Å². The molecule has 0 unspecified atom stereocenters. The third-order valence-electron chi connectivity index (χ3n) is 2.83. The summed E-state index contributed by atoms with van der Waals surface area (Å²) >= 11 is 17.6. The maximum Gasteiger partial charge on any atom is 0.341 e. The van der Waals surface area contributed by atoms with Crippen molar-refractivity contribution >= 4 is 39.2 Å². The Morgan fingerprint density at radius 2 is 1.50 bits per heavy atom. The molecule has 0 radical (unpaired) electrons. The zero-order chi connectivity index (χ0) is 14.4. The molecule has 2 aromatic carbocycles. The van der Waals surface area contributed by atoms with Gasteiger partial charge in [-0.25, -0.2) is 0 Å². The minimum absolute atomic E-state index is 0.560. The van der Waals surface area contributed by atoms with E-state index in [1.165, 1.54) is 0 Å². The molecule has 0 spiro atoms. The number of hydrogen-bond donors (Lipinski definition) is 0. The Bertz CT molecular complexity index is 540. The number of halogens is 3. The molecule has 106 valence electrons. The van der Waals surface area contributed by atoms with Crippen LogP contribution in [0.1, 0.15) is 6.42 Å². The van der Waals surface area contributed by atoms with E-state index in [9.17, 15) is 0 Å². The predicted octanol–water partition coefficient (Wildman–Crippen LogP) is 5.78. The van der Waals surface area contributed by atoms with Gasteiger partial charge in [-0.2, -0.15) is 0 Å². The van der Waals surface area contributed by atoms with Crippen LogP contribution in [0, 0.1) is 0 Å². The van der Waals surface area contributed by atoms with Crippen molar-refractivity contribution in [3.8, 4) is 16.9 Å². The van der Waals surface area contributed by atoms with Gasteiger partial charge in [-0.15, -0.1) is 33.2 Å². The molecule has 5 heteroatoms. The van der Waals surface area contributed by atoms with E-state index in [0.717, 1.165) is 23.3 Å². The first-order chi connectivity index (χ1) is 9.56. The van der Waals surface area contributed by atoms with Gasteiger partial charge in [-0.05, 0) is 24.1 Å². The van der Waals surface area contributed by atoms with Crippen molar-refractivity contribution in [2.75, 3.05) is 6.61 Å². The van der Waals surface area contributed by atoms with Crippen molar-refractivity contribution in [3.63, 3.8) is 0 Å². The zero-order valence-corrected chi connectivity index (χ0v) is 14.1.